The first-order chi connectivity index (χ1) is 32.7. The van der Waals surface area contributed by atoms with E-state index < -0.39 is 0 Å². The predicted molar refractivity (Wildman–Crippen MR) is 298 cm³/mol. The molecule has 0 bridgehead atoms. The number of nitrogens with zero attached hydrogens (tertiary/aromatic N) is 1. The highest BCUT2D eigenvalue weighted by Crippen LogP contribution is 2.52. The molecule has 12 rings (SSSR count). The smallest absolute Gasteiger partial charge is 0.143 e. The Balaban J connectivity index is 1.02. The normalized spacial score (nSPS) is 12.7. The van der Waals surface area contributed by atoms with Gasteiger partial charge in [-0.2, -0.15) is 0 Å². The summed E-state index contributed by atoms with van der Waals surface area (Å²) in [5, 5.41) is 4.58. The van der Waals surface area contributed by atoms with Crippen LogP contribution in [0.4, 0.5) is 17.1 Å². The first kappa shape index (κ1) is 40.8. The molecule has 0 spiro atoms. The number of furan rings is 1. The molecule has 0 saturated carbocycles. The highest BCUT2D eigenvalue weighted by molar-refractivity contribution is 6.63. The van der Waals surface area contributed by atoms with Crippen molar-refractivity contribution in [1.82, 2.24) is 0 Å². The Labute approximate surface area is 396 Å². The van der Waals surface area contributed by atoms with Crippen LogP contribution < -0.4 is 26.8 Å². The SMILES string of the molecule is Bc1c(B)c(N(c2ccc(-c3cccc4c3C(C)(C)c3ccccc3-4)cc2)c2cccc(-c3cccc4oc5c6ccccc6ccc5c34)c2)c(B)c(B)c1-c1ccc(-c2ccccc2)cc1. The van der Waals surface area contributed by atoms with Crippen LogP contribution in [0.25, 0.3) is 88.3 Å². The summed E-state index contributed by atoms with van der Waals surface area (Å²) in [4.78, 5) is 2.50. The molecule has 11 aromatic rings. The molecule has 1 aliphatic carbocycles. The van der Waals surface area contributed by atoms with E-state index in [0.29, 0.717) is 0 Å². The molecule has 6 heteroatoms. The number of hydrogen-bond donors (Lipinski definition) is 0. The van der Waals surface area contributed by atoms with Gasteiger partial charge in [-0.3, -0.25) is 0 Å². The molecular weight excluding hydrogens is 806 g/mol. The molecule has 0 amide bonds. The summed E-state index contributed by atoms with van der Waals surface area (Å²) in [6, 6.07) is 73.3. The van der Waals surface area contributed by atoms with E-state index in [0.717, 1.165) is 49.8 Å². The third kappa shape index (κ3) is 6.45. The predicted octanol–water partition coefficient (Wildman–Crippen LogP) is 10.2. The second-order valence-electron chi connectivity index (χ2n) is 18.9. The van der Waals surface area contributed by atoms with Crippen molar-refractivity contribution in [3.8, 4) is 55.6 Å². The molecule has 1 aromatic heterocycles. The van der Waals surface area contributed by atoms with Gasteiger partial charge < -0.3 is 9.32 Å². The van der Waals surface area contributed by atoms with Gasteiger partial charge in [0.2, 0.25) is 0 Å². The number of rotatable bonds is 7. The lowest BCUT2D eigenvalue weighted by atomic mass is 9.64. The van der Waals surface area contributed by atoms with Gasteiger partial charge in [0.1, 0.15) is 42.6 Å². The van der Waals surface area contributed by atoms with Crippen LogP contribution in [0.2, 0.25) is 0 Å². The second-order valence-corrected chi connectivity index (χ2v) is 18.9. The molecule has 0 unspecified atom stereocenters. The Hall–Kier alpha value is -7.68. The van der Waals surface area contributed by atoms with Crippen molar-refractivity contribution >= 4 is 103 Å². The number of hydrogen-bond acceptors (Lipinski definition) is 2. The van der Waals surface area contributed by atoms with Gasteiger partial charge in [-0.1, -0.05) is 199 Å². The van der Waals surface area contributed by atoms with E-state index in [-0.39, 0.29) is 5.41 Å². The summed E-state index contributed by atoms with van der Waals surface area (Å²) in [5.41, 5.74) is 25.5. The van der Waals surface area contributed by atoms with Gasteiger partial charge in [-0.15, -0.1) is 0 Å². The average Bonchev–Trinajstić information content (AvgIpc) is 3.88. The number of anilines is 3. The molecule has 0 N–H and O–H groups in total. The minimum Gasteiger partial charge on any atom is -0.455 e. The molecule has 314 valence electrons. The molecule has 0 atom stereocenters. The summed E-state index contributed by atoms with van der Waals surface area (Å²) in [7, 11) is 9.21. The van der Waals surface area contributed by atoms with Crippen LogP contribution in [0.5, 0.6) is 0 Å². The first-order valence-corrected chi connectivity index (χ1v) is 23.5. The van der Waals surface area contributed by atoms with Crippen LogP contribution in [0.15, 0.2) is 205 Å². The standard InChI is InChI=1S/C61H47B4NO/c1-61(2)50-23-9-8-19-47(50)48-22-11-21-45(54(48)61)39-29-32-42(33-30-39)66(59-57(64)55(62)52(56(63)58(59)65)40-27-25-37(26-28-40)36-13-4-3-5-14-36)43-17-10-16-41(35-43)44-20-12-24-51-53(44)49-34-31-38-15-6-7-18-46(38)60(49)67-51/h3-35H,62-65H2,1-2H3. The zero-order valence-corrected chi connectivity index (χ0v) is 38.9. The number of benzene rings is 10. The van der Waals surface area contributed by atoms with E-state index in [1.54, 1.807) is 0 Å². The van der Waals surface area contributed by atoms with Crippen LogP contribution in [-0.2, 0) is 5.41 Å². The Morgan fingerprint density at radius 2 is 1.01 bits per heavy atom. The van der Waals surface area contributed by atoms with Crippen molar-refractivity contribution < 1.29 is 4.42 Å². The van der Waals surface area contributed by atoms with Gasteiger partial charge in [0, 0.05) is 38.6 Å². The van der Waals surface area contributed by atoms with Crippen LogP contribution in [0.3, 0.4) is 0 Å². The van der Waals surface area contributed by atoms with Crippen molar-refractivity contribution in [2.24, 2.45) is 0 Å². The molecule has 0 fully saturated rings. The molecule has 1 heterocycles. The van der Waals surface area contributed by atoms with Crippen LogP contribution in [0, 0.1) is 0 Å². The maximum Gasteiger partial charge on any atom is 0.143 e. The maximum atomic E-state index is 6.67. The Morgan fingerprint density at radius 3 is 1.81 bits per heavy atom. The largest absolute Gasteiger partial charge is 0.455 e. The van der Waals surface area contributed by atoms with Crippen LogP contribution >= 0.6 is 0 Å². The van der Waals surface area contributed by atoms with Crippen molar-refractivity contribution in [3.05, 3.63) is 211 Å². The average molecular weight is 853 g/mol. The van der Waals surface area contributed by atoms with Crippen LogP contribution in [0.1, 0.15) is 25.0 Å². The number of fused-ring (bicyclic) bond motifs is 8. The van der Waals surface area contributed by atoms with E-state index in [9.17, 15) is 0 Å². The van der Waals surface area contributed by atoms with Gasteiger partial charge in [0.25, 0.3) is 0 Å². The van der Waals surface area contributed by atoms with Crippen molar-refractivity contribution in [2.45, 2.75) is 19.3 Å². The van der Waals surface area contributed by atoms with E-state index in [1.807, 2.05) is 0 Å². The quantitative estimate of drug-likeness (QED) is 0.149. The molecule has 0 radical (unpaired) electrons. The molecule has 1 aliphatic rings. The van der Waals surface area contributed by atoms with E-state index >= 15 is 0 Å². The van der Waals surface area contributed by atoms with E-state index in [1.165, 1.54) is 88.6 Å². The van der Waals surface area contributed by atoms with Gasteiger partial charge in [0.05, 0.1) is 0 Å². The zero-order valence-electron chi connectivity index (χ0n) is 38.9. The summed E-state index contributed by atoms with van der Waals surface area (Å²) in [5.74, 6) is 0. The lowest BCUT2D eigenvalue weighted by Crippen LogP contribution is -2.46. The topological polar surface area (TPSA) is 16.4 Å². The lowest BCUT2D eigenvalue weighted by molar-refractivity contribution is 0.662. The third-order valence-electron chi connectivity index (χ3n) is 14.9. The molecule has 0 saturated heterocycles. The zero-order chi connectivity index (χ0) is 45.6. The Morgan fingerprint density at radius 1 is 0.418 bits per heavy atom. The second kappa shape index (κ2) is 15.7. The van der Waals surface area contributed by atoms with Crippen LogP contribution in [-0.4, -0.2) is 31.4 Å². The van der Waals surface area contributed by atoms with Gasteiger partial charge in [-0.25, -0.2) is 0 Å². The summed E-state index contributed by atoms with van der Waals surface area (Å²) < 4.78 is 6.67. The summed E-state index contributed by atoms with van der Waals surface area (Å²) in [6.07, 6.45) is 0. The molecule has 10 aromatic carbocycles. The van der Waals surface area contributed by atoms with E-state index in [2.05, 4.69) is 250 Å². The first-order valence-electron chi connectivity index (χ1n) is 23.5. The monoisotopic (exact) mass is 853 g/mol. The highest BCUT2D eigenvalue weighted by atomic mass is 16.3. The van der Waals surface area contributed by atoms with Gasteiger partial charge in [-0.05, 0) is 109 Å². The van der Waals surface area contributed by atoms with Crippen molar-refractivity contribution in [2.75, 3.05) is 4.90 Å². The minimum absolute atomic E-state index is 0.114. The minimum atomic E-state index is -0.114. The Kier molecular flexibility index (Phi) is 9.59. The fraction of sp³-hybridized carbons (Fsp3) is 0.0492. The molecule has 0 aliphatic heterocycles. The fourth-order valence-corrected chi connectivity index (χ4v) is 11.4. The highest BCUT2D eigenvalue weighted by Gasteiger charge is 2.37. The maximum absolute atomic E-state index is 6.67. The van der Waals surface area contributed by atoms with Crippen molar-refractivity contribution in [3.63, 3.8) is 0 Å². The molecule has 67 heavy (non-hydrogen) atoms. The Bertz CT molecular complexity index is 3730. The lowest BCUT2D eigenvalue weighted by Gasteiger charge is -2.33. The van der Waals surface area contributed by atoms with E-state index in [4.69, 9.17) is 4.42 Å². The van der Waals surface area contributed by atoms with Gasteiger partial charge in [0.15, 0.2) is 0 Å². The van der Waals surface area contributed by atoms with Gasteiger partial charge >= 0.3 is 0 Å². The third-order valence-corrected chi connectivity index (χ3v) is 14.9. The fourth-order valence-electron chi connectivity index (χ4n) is 11.4. The van der Waals surface area contributed by atoms with Crippen molar-refractivity contribution in [1.29, 1.82) is 0 Å². The molecular formula is C61H47B4NO. The summed E-state index contributed by atoms with van der Waals surface area (Å²) in [6.45, 7) is 4.74. The summed E-state index contributed by atoms with van der Waals surface area (Å²) >= 11 is 0. The molecule has 2 nitrogen and oxygen atoms in total.